The normalized spacial score (nSPS) is 28.9. The van der Waals surface area contributed by atoms with Crippen molar-refractivity contribution in [2.24, 2.45) is 0 Å². The first-order valence-electron chi connectivity index (χ1n) is 5.06. The molecule has 3 heterocycles. The van der Waals surface area contributed by atoms with Crippen LogP contribution in [0, 0.1) is 0 Å². The van der Waals surface area contributed by atoms with Crippen LogP contribution >= 0.6 is 0 Å². The number of aliphatic hydroxyl groups excluding tert-OH is 2. The second kappa shape index (κ2) is 3.62. The van der Waals surface area contributed by atoms with Crippen molar-refractivity contribution in [2.75, 3.05) is 6.61 Å². The SMILES string of the molecule is O=c1c2[nH]cnc2ncn1[C@H]1OC[C@H](O)[C@@H]1O. The molecule has 0 aromatic carbocycles. The lowest BCUT2D eigenvalue weighted by Gasteiger charge is -2.16. The fraction of sp³-hybridized carbons (Fsp3) is 0.444. The molecule has 0 spiro atoms. The first-order chi connectivity index (χ1) is 8.18. The van der Waals surface area contributed by atoms with Crippen LogP contribution < -0.4 is 5.56 Å². The first-order valence-corrected chi connectivity index (χ1v) is 5.06. The van der Waals surface area contributed by atoms with Crippen LogP contribution in [0.3, 0.4) is 0 Å². The van der Waals surface area contributed by atoms with Crippen molar-refractivity contribution >= 4 is 11.2 Å². The molecule has 0 unspecified atom stereocenters. The van der Waals surface area contributed by atoms with Gasteiger partial charge >= 0.3 is 0 Å². The van der Waals surface area contributed by atoms with Gasteiger partial charge in [-0.3, -0.25) is 9.36 Å². The standard InChI is InChI=1S/C9H10N4O4/c14-4-1-17-9(6(4)15)13-3-12-7-5(8(13)16)10-2-11-7/h2-4,6,9,14-15H,1H2,(H,10,11)/t4-,6-,9-/m0/s1. The molecule has 8 heteroatoms. The van der Waals surface area contributed by atoms with E-state index in [4.69, 9.17) is 4.74 Å². The molecule has 3 rings (SSSR count). The number of rotatable bonds is 1. The van der Waals surface area contributed by atoms with E-state index in [9.17, 15) is 15.0 Å². The van der Waals surface area contributed by atoms with E-state index in [0.717, 1.165) is 4.57 Å². The van der Waals surface area contributed by atoms with Gasteiger partial charge in [0.2, 0.25) is 0 Å². The molecule has 3 atom stereocenters. The molecular formula is C9H10N4O4. The van der Waals surface area contributed by atoms with Gasteiger partial charge in [-0.15, -0.1) is 0 Å². The van der Waals surface area contributed by atoms with E-state index in [1.807, 2.05) is 0 Å². The molecule has 3 N–H and O–H groups in total. The van der Waals surface area contributed by atoms with E-state index < -0.39 is 24.0 Å². The third-order valence-corrected chi connectivity index (χ3v) is 2.77. The topological polar surface area (TPSA) is 113 Å². The fourth-order valence-corrected chi connectivity index (χ4v) is 1.85. The molecule has 0 aliphatic carbocycles. The number of aromatic amines is 1. The average Bonchev–Trinajstić information content (AvgIpc) is 2.90. The quantitative estimate of drug-likeness (QED) is 0.549. The van der Waals surface area contributed by atoms with Crippen LogP contribution in [0.5, 0.6) is 0 Å². The van der Waals surface area contributed by atoms with Gasteiger partial charge in [0.25, 0.3) is 5.56 Å². The molecular weight excluding hydrogens is 228 g/mol. The summed E-state index contributed by atoms with van der Waals surface area (Å²) in [6.45, 7) is -0.0146. The monoisotopic (exact) mass is 238 g/mol. The molecule has 1 aliphatic rings. The third kappa shape index (κ3) is 1.46. The van der Waals surface area contributed by atoms with Crippen molar-refractivity contribution in [3.05, 3.63) is 23.0 Å². The number of fused-ring (bicyclic) bond motifs is 1. The van der Waals surface area contributed by atoms with Gasteiger partial charge in [0.15, 0.2) is 17.4 Å². The number of aliphatic hydroxyl groups is 2. The minimum atomic E-state index is -1.14. The molecule has 0 bridgehead atoms. The van der Waals surface area contributed by atoms with E-state index in [2.05, 4.69) is 15.0 Å². The van der Waals surface area contributed by atoms with Gasteiger partial charge < -0.3 is 19.9 Å². The molecule has 1 fully saturated rings. The van der Waals surface area contributed by atoms with E-state index in [-0.39, 0.29) is 12.1 Å². The first kappa shape index (κ1) is 10.4. The zero-order valence-electron chi connectivity index (χ0n) is 8.65. The number of nitrogens with one attached hydrogen (secondary N) is 1. The number of aromatic nitrogens is 4. The van der Waals surface area contributed by atoms with E-state index >= 15 is 0 Å². The second-order valence-electron chi connectivity index (χ2n) is 3.84. The van der Waals surface area contributed by atoms with Crippen molar-refractivity contribution in [3.63, 3.8) is 0 Å². The minimum Gasteiger partial charge on any atom is -0.388 e. The van der Waals surface area contributed by atoms with Crippen molar-refractivity contribution in [1.29, 1.82) is 0 Å². The van der Waals surface area contributed by atoms with Crippen LogP contribution in [-0.4, -0.2) is 48.5 Å². The Morgan fingerprint density at radius 2 is 2.29 bits per heavy atom. The van der Waals surface area contributed by atoms with Crippen molar-refractivity contribution in [2.45, 2.75) is 18.4 Å². The number of ether oxygens (including phenoxy) is 1. The minimum absolute atomic E-state index is 0.0146. The molecule has 1 aliphatic heterocycles. The van der Waals surface area contributed by atoms with Crippen LogP contribution in [0.2, 0.25) is 0 Å². The maximum absolute atomic E-state index is 12.0. The highest BCUT2D eigenvalue weighted by molar-refractivity contribution is 5.67. The molecule has 0 saturated carbocycles. The summed E-state index contributed by atoms with van der Waals surface area (Å²) >= 11 is 0. The van der Waals surface area contributed by atoms with E-state index in [0.29, 0.717) is 5.65 Å². The summed E-state index contributed by atoms with van der Waals surface area (Å²) in [6.07, 6.45) is -0.446. The number of H-pyrrole nitrogens is 1. The molecule has 1 saturated heterocycles. The zero-order chi connectivity index (χ0) is 12.0. The van der Waals surface area contributed by atoms with Gasteiger partial charge in [-0.1, -0.05) is 0 Å². The van der Waals surface area contributed by atoms with Crippen LogP contribution in [0.25, 0.3) is 11.2 Å². The van der Waals surface area contributed by atoms with Crippen LogP contribution in [0.15, 0.2) is 17.4 Å². The molecule has 17 heavy (non-hydrogen) atoms. The Bertz CT molecular complexity index is 606. The Hall–Kier alpha value is -1.77. The second-order valence-corrected chi connectivity index (χ2v) is 3.84. The van der Waals surface area contributed by atoms with Gasteiger partial charge in [-0.25, -0.2) is 9.97 Å². The van der Waals surface area contributed by atoms with Gasteiger partial charge in [-0.05, 0) is 0 Å². The smallest absolute Gasteiger partial charge is 0.281 e. The Labute approximate surface area is 94.5 Å². The Kier molecular flexibility index (Phi) is 2.21. The summed E-state index contributed by atoms with van der Waals surface area (Å²) in [5.41, 5.74) is 0.148. The van der Waals surface area contributed by atoms with Crippen molar-refractivity contribution in [1.82, 2.24) is 19.5 Å². The molecule has 0 radical (unpaired) electrons. The molecule has 2 aromatic rings. The maximum Gasteiger partial charge on any atom is 0.281 e. The summed E-state index contributed by atoms with van der Waals surface area (Å²) < 4.78 is 6.30. The molecule has 2 aromatic heterocycles. The molecule has 90 valence electrons. The zero-order valence-corrected chi connectivity index (χ0v) is 8.65. The number of hydrogen-bond acceptors (Lipinski definition) is 6. The van der Waals surface area contributed by atoms with Gasteiger partial charge in [0.05, 0.1) is 12.9 Å². The number of nitrogens with zero attached hydrogens (tertiary/aromatic N) is 3. The Morgan fingerprint density at radius 3 is 3.00 bits per heavy atom. The van der Waals surface area contributed by atoms with E-state index in [1.165, 1.54) is 12.7 Å². The highest BCUT2D eigenvalue weighted by Gasteiger charge is 2.36. The lowest BCUT2D eigenvalue weighted by atomic mass is 10.2. The van der Waals surface area contributed by atoms with Crippen molar-refractivity contribution < 1.29 is 14.9 Å². The van der Waals surface area contributed by atoms with E-state index in [1.54, 1.807) is 0 Å². The summed E-state index contributed by atoms with van der Waals surface area (Å²) in [5, 5.41) is 19.0. The highest BCUT2D eigenvalue weighted by atomic mass is 16.5. The molecule has 8 nitrogen and oxygen atoms in total. The number of hydrogen-bond donors (Lipinski definition) is 3. The highest BCUT2D eigenvalue weighted by Crippen LogP contribution is 2.22. The van der Waals surface area contributed by atoms with Crippen LogP contribution in [-0.2, 0) is 4.74 Å². The van der Waals surface area contributed by atoms with Crippen LogP contribution in [0.1, 0.15) is 6.23 Å². The third-order valence-electron chi connectivity index (χ3n) is 2.77. The van der Waals surface area contributed by atoms with Gasteiger partial charge in [0.1, 0.15) is 18.5 Å². The van der Waals surface area contributed by atoms with Gasteiger partial charge in [-0.2, -0.15) is 0 Å². The van der Waals surface area contributed by atoms with Crippen LogP contribution in [0.4, 0.5) is 0 Å². The fourth-order valence-electron chi connectivity index (χ4n) is 1.85. The largest absolute Gasteiger partial charge is 0.388 e. The average molecular weight is 238 g/mol. The Morgan fingerprint density at radius 1 is 1.47 bits per heavy atom. The predicted molar refractivity (Wildman–Crippen MR) is 55.2 cm³/mol. The lowest BCUT2D eigenvalue weighted by molar-refractivity contribution is -0.0207. The number of imidazole rings is 1. The summed E-state index contributed by atoms with van der Waals surface area (Å²) in [7, 11) is 0. The Balaban J connectivity index is 2.12. The predicted octanol–water partition coefficient (Wildman–Crippen LogP) is -1.63. The lowest BCUT2D eigenvalue weighted by Crippen LogP contribution is -2.34. The van der Waals surface area contributed by atoms with Crippen molar-refractivity contribution in [3.8, 4) is 0 Å². The molecule has 0 amide bonds. The van der Waals surface area contributed by atoms with Gasteiger partial charge in [0, 0.05) is 0 Å². The summed E-state index contributed by atoms with van der Waals surface area (Å²) in [5.74, 6) is 0. The summed E-state index contributed by atoms with van der Waals surface area (Å²) in [4.78, 5) is 22.5. The summed E-state index contributed by atoms with van der Waals surface area (Å²) in [6, 6.07) is 0. The maximum atomic E-state index is 12.0.